The van der Waals surface area contributed by atoms with Gasteiger partial charge in [-0.05, 0) is 6.07 Å². The Kier molecular flexibility index (Phi) is 3.78. The Morgan fingerprint density at radius 1 is 1.65 bits per heavy atom. The summed E-state index contributed by atoms with van der Waals surface area (Å²) in [4.78, 5) is 15.2. The molecule has 1 aliphatic rings. The van der Waals surface area contributed by atoms with E-state index >= 15 is 0 Å². The molecule has 2 heterocycles. The standard InChI is InChI=1S/C12H15N3O5/c1-2-4-12(19)7(6-16)20-10(9(12)17)15-5-3-8(13)14-11(15)18/h1,3,5,7,9-10,16-17,19H,4,6H2,(H2,13,14,18)/t7-,9+,10-,12+/m1/s1. The molecule has 0 aromatic carbocycles. The zero-order valence-corrected chi connectivity index (χ0v) is 10.5. The van der Waals surface area contributed by atoms with Crippen molar-refractivity contribution in [2.75, 3.05) is 12.3 Å². The van der Waals surface area contributed by atoms with Crippen LogP contribution in [0, 0.1) is 12.3 Å². The summed E-state index contributed by atoms with van der Waals surface area (Å²) in [6, 6.07) is 1.35. The molecule has 1 fully saturated rings. The third kappa shape index (κ3) is 2.17. The van der Waals surface area contributed by atoms with Crippen molar-refractivity contribution < 1.29 is 20.1 Å². The SMILES string of the molecule is C#CC[C@]1(O)[C@@H](CO)O[C@@H](n2ccc(N)nc2=O)[C@@H]1O. The Hall–Kier alpha value is -1.92. The first-order valence-corrected chi connectivity index (χ1v) is 5.89. The molecule has 20 heavy (non-hydrogen) atoms. The van der Waals surface area contributed by atoms with Crippen molar-refractivity contribution in [2.45, 2.75) is 30.5 Å². The number of nitrogens with zero attached hydrogens (tertiary/aromatic N) is 2. The number of rotatable bonds is 3. The first kappa shape index (κ1) is 14.5. The Balaban J connectivity index is 2.40. The molecule has 5 N–H and O–H groups in total. The number of hydrogen-bond donors (Lipinski definition) is 4. The molecule has 0 saturated carbocycles. The fourth-order valence-electron chi connectivity index (χ4n) is 2.22. The number of nitrogens with two attached hydrogens (primary N) is 1. The van der Waals surface area contributed by atoms with Gasteiger partial charge < -0.3 is 25.8 Å². The van der Waals surface area contributed by atoms with Crippen LogP contribution in [0.3, 0.4) is 0 Å². The zero-order valence-electron chi connectivity index (χ0n) is 10.5. The number of nitrogen functional groups attached to an aromatic ring is 1. The van der Waals surface area contributed by atoms with Gasteiger partial charge in [0.1, 0.15) is 23.6 Å². The highest BCUT2D eigenvalue weighted by Gasteiger charge is 2.55. The second kappa shape index (κ2) is 5.22. The Morgan fingerprint density at radius 3 is 2.90 bits per heavy atom. The monoisotopic (exact) mass is 281 g/mol. The minimum Gasteiger partial charge on any atom is -0.394 e. The van der Waals surface area contributed by atoms with Gasteiger partial charge in [0.25, 0.3) is 0 Å². The topological polar surface area (TPSA) is 131 Å². The molecule has 1 aliphatic heterocycles. The van der Waals surface area contributed by atoms with Gasteiger partial charge in [-0.1, -0.05) is 0 Å². The summed E-state index contributed by atoms with van der Waals surface area (Å²) in [6.07, 6.45) is 2.41. The third-order valence-electron chi connectivity index (χ3n) is 3.32. The molecule has 8 nitrogen and oxygen atoms in total. The molecule has 0 radical (unpaired) electrons. The average molecular weight is 281 g/mol. The fourth-order valence-corrected chi connectivity index (χ4v) is 2.22. The molecule has 0 unspecified atom stereocenters. The van der Waals surface area contributed by atoms with E-state index in [2.05, 4.69) is 10.9 Å². The molecule has 0 bridgehead atoms. The zero-order chi connectivity index (χ0) is 14.9. The summed E-state index contributed by atoms with van der Waals surface area (Å²) < 4.78 is 6.32. The van der Waals surface area contributed by atoms with Crippen LogP contribution >= 0.6 is 0 Å². The van der Waals surface area contributed by atoms with Crippen molar-refractivity contribution in [3.63, 3.8) is 0 Å². The van der Waals surface area contributed by atoms with Crippen LogP contribution in [-0.4, -0.2) is 49.3 Å². The molecule has 0 spiro atoms. The highest BCUT2D eigenvalue weighted by molar-refractivity contribution is 5.24. The number of anilines is 1. The summed E-state index contributed by atoms with van der Waals surface area (Å²) in [5.74, 6) is 2.24. The molecule has 1 aromatic heterocycles. The van der Waals surface area contributed by atoms with Gasteiger partial charge in [-0.25, -0.2) is 4.79 Å². The first-order valence-electron chi connectivity index (χ1n) is 5.89. The summed E-state index contributed by atoms with van der Waals surface area (Å²) in [5.41, 5.74) is 2.79. The smallest absolute Gasteiger partial charge is 0.351 e. The quantitative estimate of drug-likeness (QED) is 0.464. The van der Waals surface area contributed by atoms with Crippen LogP contribution in [0.25, 0.3) is 0 Å². The van der Waals surface area contributed by atoms with E-state index in [1.54, 1.807) is 0 Å². The fraction of sp³-hybridized carbons (Fsp3) is 0.500. The summed E-state index contributed by atoms with van der Waals surface area (Å²) >= 11 is 0. The first-order chi connectivity index (χ1) is 9.43. The van der Waals surface area contributed by atoms with Crippen molar-refractivity contribution in [1.29, 1.82) is 0 Å². The number of hydrogen-bond acceptors (Lipinski definition) is 7. The van der Waals surface area contributed by atoms with E-state index in [0.29, 0.717) is 0 Å². The van der Waals surface area contributed by atoms with Crippen molar-refractivity contribution >= 4 is 5.82 Å². The Labute approximate surface area is 114 Å². The van der Waals surface area contributed by atoms with Gasteiger partial charge in [-0.3, -0.25) is 4.57 Å². The molecule has 8 heteroatoms. The minimum absolute atomic E-state index is 0.0244. The van der Waals surface area contributed by atoms with Crippen molar-refractivity contribution in [3.8, 4) is 12.3 Å². The van der Waals surface area contributed by atoms with Crippen LogP contribution in [0.5, 0.6) is 0 Å². The van der Waals surface area contributed by atoms with Crippen LogP contribution < -0.4 is 11.4 Å². The van der Waals surface area contributed by atoms with Crippen LogP contribution in [-0.2, 0) is 4.74 Å². The van der Waals surface area contributed by atoms with Gasteiger partial charge in [0.05, 0.1) is 6.61 Å². The Morgan fingerprint density at radius 2 is 2.35 bits per heavy atom. The molecule has 2 rings (SSSR count). The number of aliphatic hydroxyl groups is 3. The number of terminal acetylenes is 1. The van der Waals surface area contributed by atoms with Gasteiger partial charge in [0.2, 0.25) is 0 Å². The van der Waals surface area contributed by atoms with E-state index < -0.39 is 36.3 Å². The van der Waals surface area contributed by atoms with E-state index in [1.807, 2.05) is 0 Å². The van der Waals surface area contributed by atoms with Crippen molar-refractivity contribution in [1.82, 2.24) is 9.55 Å². The average Bonchev–Trinajstić information content (AvgIpc) is 2.63. The maximum atomic E-state index is 11.7. The van der Waals surface area contributed by atoms with E-state index in [9.17, 15) is 20.1 Å². The van der Waals surface area contributed by atoms with Gasteiger partial charge in [0.15, 0.2) is 6.23 Å². The van der Waals surface area contributed by atoms with E-state index in [4.69, 9.17) is 16.9 Å². The highest BCUT2D eigenvalue weighted by Crippen LogP contribution is 2.38. The molecule has 1 aromatic rings. The van der Waals surface area contributed by atoms with Gasteiger partial charge in [-0.2, -0.15) is 4.98 Å². The maximum absolute atomic E-state index is 11.7. The molecule has 4 atom stereocenters. The van der Waals surface area contributed by atoms with Crippen molar-refractivity contribution in [2.24, 2.45) is 0 Å². The van der Waals surface area contributed by atoms with E-state index in [1.165, 1.54) is 12.3 Å². The lowest BCUT2D eigenvalue weighted by Crippen LogP contribution is -2.49. The van der Waals surface area contributed by atoms with Crippen molar-refractivity contribution in [3.05, 3.63) is 22.7 Å². The predicted octanol–water partition coefficient (Wildman–Crippen LogP) is -2.17. The second-order valence-electron chi connectivity index (χ2n) is 4.56. The molecular weight excluding hydrogens is 266 g/mol. The third-order valence-corrected chi connectivity index (χ3v) is 3.32. The Bertz CT molecular complexity index is 595. The van der Waals surface area contributed by atoms with Crippen LogP contribution in [0.2, 0.25) is 0 Å². The molecule has 0 aliphatic carbocycles. The number of aliphatic hydroxyl groups excluding tert-OH is 2. The highest BCUT2D eigenvalue weighted by atomic mass is 16.6. The lowest BCUT2D eigenvalue weighted by atomic mass is 9.89. The normalized spacial score (nSPS) is 33.0. The summed E-state index contributed by atoms with van der Waals surface area (Å²) in [7, 11) is 0. The largest absolute Gasteiger partial charge is 0.394 e. The van der Waals surface area contributed by atoms with Crippen LogP contribution in [0.15, 0.2) is 17.1 Å². The van der Waals surface area contributed by atoms with Crippen LogP contribution in [0.1, 0.15) is 12.6 Å². The lowest BCUT2D eigenvalue weighted by Gasteiger charge is -2.28. The van der Waals surface area contributed by atoms with Crippen LogP contribution in [0.4, 0.5) is 5.82 Å². The summed E-state index contributed by atoms with van der Waals surface area (Å²) in [6.45, 7) is -0.553. The number of aromatic nitrogens is 2. The minimum atomic E-state index is -1.84. The molecule has 0 amide bonds. The molecule has 1 saturated heterocycles. The predicted molar refractivity (Wildman–Crippen MR) is 68.3 cm³/mol. The molecular formula is C12H15N3O5. The summed E-state index contributed by atoms with van der Waals surface area (Å²) in [5, 5.41) is 29.8. The van der Waals surface area contributed by atoms with Gasteiger partial charge in [0, 0.05) is 12.6 Å². The van der Waals surface area contributed by atoms with Gasteiger partial charge in [-0.15, -0.1) is 12.3 Å². The number of ether oxygens (including phenoxy) is 1. The van der Waals surface area contributed by atoms with E-state index in [0.717, 1.165) is 4.57 Å². The van der Waals surface area contributed by atoms with E-state index in [-0.39, 0.29) is 12.2 Å². The second-order valence-corrected chi connectivity index (χ2v) is 4.56. The maximum Gasteiger partial charge on any atom is 0.351 e. The molecule has 108 valence electrons. The van der Waals surface area contributed by atoms with Gasteiger partial charge >= 0.3 is 5.69 Å². The lowest BCUT2D eigenvalue weighted by molar-refractivity contribution is -0.0892.